The lowest BCUT2D eigenvalue weighted by atomic mass is 10.0. The van der Waals surface area contributed by atoms with Crippen molar-refractivity contribution in [2.24, 2.45) is 0 Å². The largest absolute Gasteiger partial charge is 0.345 e. The number of ketones is 1. The topological polar surface area (TPSA) is 83.5 Å². The molecule has 0 saturated carbocycles. The SMILES string of the molecule is CCC(C)c1ccnc(C(=O)CC(=O)N(Cc2ccc(Cl)c(Cl)c2)c2cccc(C(=O)N(C)C)c2)n1. The van der Waals surface area contributed by atoms with E-state index in [1.165, 1.54) is 16.0 Å². The van der Waals surface area contributed by atoms with Crippen LogP contribution in [0.5, 0.6) is 0 Å². The monoisotopic (exact) mass is 526 g/mol. The zero-order chi connectivity index (χ0) is 26.4. The number of amides is 2. The van der Waals surface area contributed by atoms with Crippen LogP contribution in [0.2, 0.25) is 10.0 Å². The maximum Gasteiger partial charge on any atom is 0.253 e. The van der Waals surface area contributed by atoms with Crippen LogP contribution in [0.25, 0.3) is 0 Å². The molecule has 0 saturated heterocycles. The molecule has 0 aliphatic rings. The van der Waals surface area contributed by atoms with Gasteiger partial charge in [-0.15, -0.1) is 0 Å². The number of carbonyl (C=O) groups is 3. The fraction of sp³-hybridized carbons (Fsp3) is 0.296. The molecule has 3 aromatic rings. The molecule has 0 bridgehead atoms. The first kappa shape index (κ1) is 27.3. The molecule has 0 N–H and O–H groups in total. The van der Waals surface area contributed by atoms with Gasteiger partial charge in [0.15, 0.2) is 5.82 Å². The van der Waals surface area contributed by atoms with Crippen molar-refractivity contribution in [3.05, 3.63) is 87.4 Å². The molecule has 1 unspecified atom stereocenters. The van der Waals surface area contributed by atoms with Crippen molar-refractivity contribution in [3.8, 4) is 0 Å². The smallest absolute Gasteiger partial charge is 0.253 e. The van der Waals surface area contributed by atoms with Crippen LogP contribution in [0.1, 0.15) is 64.8 Å². The predicted octanol–water partition coefficient (Wildman–Crippen LogP) is 5.80. The van der Waals surface area contributed by atoms with E-state index in [9.17, 15) is 14.4 Å². The van der Waals surface area contributed by atoms with Gasteiger partial charge >= 0.3 is 0 Å². The van der Waals surface area contributed by atoms with E-state index in [1.807, 2.05) is 13.8 Å². The Hall–Kier alpha value is -3.29. The first-order valence-electron chi connectivity index (χ1n) is 11.5. The van der Waals surface area contributed by atoms with Crippen molar-refractivity contribution in [2.75, 3.05) is 19.0 Å². The summed E-state index contributed by atoms with van der Waals surface area (Å²) in [7, 11) is 3.31. The molecular weight excluding hydrogens is 499 g/mol. The summed E-state index contributed by atoms with van der Waals surface area (Å²) < 4.78 is 0. The molecule has 0 fully saturated rings. The predicted molar refractivity (Wildman–Crippen MR) is 142 cm³/mol. The zero-order valence-electron chi connectivity index (χ0n) is 20.7. The summed E-state index contributed by atoms with van der Waals surface area (Å²) in [6.45, 7) is 4.17. The summed E-state index contributed by atoms with van der Waals surface area (Å²) in [5.41, 5.74) is 2.36. The van der Waals surface area contributed by atoms with Gasteiger partial charge in [0.2, 0.25) is 11.7 Å². The van der Waals surface area contributed by atoms with Gasteiger partial charge in [0.25, 0.3) is 5.91 Å². The van der Waals surface area contributed by atoms with Crippen LogP contribution in [0.3, 0.4) is 0 Å². The minimum absolute atomic E-state index is 0.00664. The first-order valence-corrected chi connectivity index (χ1v) is 12.3. The number of Topliss-reactive ketones (excluding diaryl/α,β-unsaturated/α-hetero) is 1. The van der Waals surface area contributed by atoms with Crippen molar-refractivity contribution in [1.82, 2.24) is 14.9 Å². The quantitative estimate of drug-likeness (QED) is 0.259. The Bertz CT molecular complexity index is 1280. The van der Waals surface area contributed by atoms with E-state index in [2.05, 4.69) is 9.97 Å². The Labute approximate surface area is 221 Å². The van der Waals surface area contributed by atoms with Crippen LogP contribution < -0.4 is 4.90 Å². The minimum atomic E-state index is -0.482. The van der Waals surface area contributed by atoms with E-state index in [-0.39, 0.29) is 24.2 Å². The van der Waals surface area contributed by atoms with Crippen molar-refractivity contribution in [3.63, 3.8) is 0 Å². The summed E-state index contributed by atoms with van der Waals surface area (Å²) in [5.74, 6) is -0.974. The third-order valence-corrected chi connectivity index (χ3v) is 6.53. The third-order valence-electron chi connectivity index (χ3n) is 5.79. The van der Waals surface area contributed by atoms with Gasteiger partial charge in [-0.05, 0) is 54.3 Å². The summed E-state index contributed by atoms with van der Waals surface area (Å²) in [5, 5.41) is 0.745. The fourth-order valence-electron chi connectivity index (χ4n) is 3.51. The number of aromatic nitrogens is 2. The molecule has 7 nitrogen and oxygen atoms in total. The Morgan fingerprint density at radius 3 is 2.42 bits per heavy atom. The molecule has 0 spiro atoms. The lowest BCUT2D eigenvalue weighted by Gasteiger charge is -2.24. The van der Waals surface area contributed by atoms with Gasteiger partial charge in [-0.25, -0.2) is 9.97 Å². The first-order chi connectivity index (χ1) is 17.1. The molecule has 1 aromatic heterocycles. The lowest BCUT2D eigenvalue weighted by molar-refractivity contribution is -0.117. The number of halogens is 2. The molecule has 9 heteroatoms. The molecule has 2 aromatic carbocycles. The number of benzene rings is 2. The average Bonchev–Trinajstić information content (AvgIpc) is 2.88. The lowest BCUT2D eigenvalue weighted by Crippen LogP contribution is -2.32. The molecule has 0 aliphatic heterocycles. The van der Waals surface area contributed by atoms with Gasteiger partial charge in [-0.1, -0.05) is 49.2 Å². The molecule has 3 rings (SSSR count). The van der Waals surface area contributed by atoms with Crippen LogP contribution in [-0.2, 0) is 11.3 Å². The van der Waals surface area contributed by atoms with Gasteiger partial charge in [-0.3, -0.25) is 14.4 Å². The van der Waals surface area contributed by atoms with Crippen LogP contribution in [-0.4, -0.2) is 46.6 Å². The summed E-state index contributed by atoms with van der Waals surface area (Å²) in [6, 6.07) is 13.6. The number of nitrogens with zero attached hydrogens (tertiary/aromatic N) is 4. The standard InChI is InChI=1S/C27H28Cl2N4O3/c1-5-17(2)23-11-12-30-26(31-23)24(34)15-25(35)33(16-18-9-10-21(28)22(29)13-18)20-8-6-7-19(14-20)27(36)32(3)4/h6-14,17H,5,15-16H2,1-4H3. The Kier molecular flexibility index (Phi) is 9.18. The van der Waals surface area contributed by atoms with Crippen LogP contribution >= 0.6 is 23.2 Å². The Balaban J connectivity index is 1.93. The molecule has 2 amide bonds. The average molecular weight is 527 g/mol. The summed E-state index contributed by atoms with van der Waals surface area (Å²) in [6.07, 6.45) is 1.97. The molecule has 1 atom stereocenters. The van der Waals surface area contributed by atoms with Crippen molar-refractivity contribution >= 4 is 46.5 Å². The number of carbonyl (C=O) groups excluding carboxylic acids is 3. The van der Waals surface area contributed by atoms with E-state index in [0.717, 1.165) is 12.1 Å². The molecular formula is C27H28Cl2N4O3. The van der Waals surface area contributed by atoms with Crippen molar-refractivity contribution < 1.29 is 14.4 Å². The molecule has 36 heavy (non-hydrogen) atoms. The number of anilines is 1. The third kappa shape index (κ3) is 6.68. The van der Waals surface area contributed by atoms with Crippen LogP contribution in [0.15, 0.2) is 54.7 Å². The maximum absolute atomic E-state index is 13.5. The second-order valence-corrected chi connectivity index (χ2v) is 9.51. The van der Waals surface area contributed by atoms with Gasteiger partial charge in [0.1, 0.15) is 0 Å². The maximum atomic E-state index is 13.5. The highest BCUT2D eigenvalue weighted by molar-refractivity contribution is 6.42. The molecule has 0 aliphatic carbocycles. The normalized spacial score (nSPS) is 11.6. The number of rotatable bonds is 9. The summed E-state index contributed by atoms with van der Waals surface area (Å²) >= 11 is 12.2. The molecule has 0 radical (unpaired) electrons. The Morgan fingerprint density at radius 1 is 1.00 bits per heavy atom. The number of hydrogen-bond donors (Lipinski definition) is 0. The van der Waals surface area contributed by atoms with E-state index in [0.29, 0.717) is 26.9 Å². The second-order valence-electron chi connectivity index (χ2n) is 8.69. The van der Waals surface area contributed by atoms with E-state index in [1.54, 1.807) is 62.6 Å². The second kappa shape index (κ2) is 12.1. The van der Waals surface area contributed by atoms with Gasteiger partial charge < -0.3 is 9.80 Å². The molecule has 188 valence electrons. The summed E-state index contributed by atoms with van der Waals surface area (Å²) in [4.78, 5) is 50.4. The van der Waals surface area contributed by atoms with Crippen LogP contribution in [0.4, 0.5) is 5.69 Å². The van der Waals surface area contributed by atoms with E-state index < -0.39 is 18.1 Å². The minimum Gasteiger partial charge on any atom is -0.345 e. The van der Waals surface area contributed by atoms with Gasteiger partial charge in [-0.2, -0.15) is 0 Å². The molecule has 1 heterocycles. The van der Waals surface area contributed by atoms with Gasteiger partial charge in [0, 0.05) is 37.2 Å². The highest BCUT2D eigenvalue weighted by Crippen LogP contribution is 2.26. The fourth-order valence-corrected chi connectivity index (χ4v) is 3.83. The highest BCUT2D eigenvalue weighted by Gasteiger charge is 2.23. The zero-order valence-corrected chi connectivity index (χ0v) is 22.2. The van der Waals surface area contributed by atoms with E-state index in [4.69, 9.17) is 23.2 Å². The highest BCUT2D eigenvalue weighted by atomic mass is 35.5. The van der Waals surface area contributed by atoms with Crippen LogP contribution in [0, 0.1) is 0 Å². The van der Waals surface area contributed by atoms with Gasteiger partial charge in [0.05, 0.1) is 23.0 Å². The van der Waals surface area contributed by atoms with E-state index >= 15 is 0 Å². The Morgan fingerprint density at radius 2 is 1.75 bits per heavy atom. The number of hydrogen-bond acceptors (Lipinski definition) is 5. The van der Waals surface area contributed by atoms with Crippen molar-refractivity contribution in [2.45, 2.75) is 39.2 Å². The van der Waals surface area contributed by atoms with Crippen molar-refractivity contribution in [1.29, 1.82) is 0 Å².